The number of nitrogens with two attached hydrogens (primary N) is 1. The van der Waals surface area contributed by atoms with Crippen molar-refractivity contribution in [3.63, 3.8) is 0 Å². The van der Waals surface area contributed by atoms with Gasteiger partial charge in [0.15, 0.2) is 0 Å². The van der Waals surface area contributed by atoms with Crippen LogP contribution < -0.4 is 15.8 Å². The average Bonchev–Trinajstić information content (AvgIpc) is 2.64. The monoisotopic (exact) mass is 375 g/mol. The summed E-state index contributed by atoms with van der Waals surface area (Å²) in [5, 5.41) is 3.55. The molecular formula is C20H26ClN3O2. The van der Waals surface area contributed by atoms with Gasteiger partial charge < -0.3 is 20.7 Å². The van der Waals surface area contributed by atoms with Crippen molar-refractivity contribution in [1.29, 1.82) is 0 Å². The molecule has 3 N–H and O–H groups in total. The van der Waals surface area contributed by atoms with Crippen LogP contribution in [0.25, 0.3) is 0 Å². The molecule has 0 aromatic heterocycles. The van der Waals surface area contributed by atoms with Gasteiger partial charge in [-0.2, -0.15) is 0 Å². The Labute approximate surface area is 160 Å². The fraction of sp³-hybridized carbons (Fsp3) is 0.550. The van der Waals surface area contributed by atoms with E-state index in [0.29, 0.717) is 27.9 Å². The van der Waals surface area contributed by atoms with E-state index in [1.165, 1.54) is 19.4 Å². The van der Waals surface area contributed by atoms with Gasteiger partial charge in [0.2, 0.25) is 0 Å². The van der Waals surface area contributed by atoms with Crippen molar-refractivity contribution in [2.45, 2.75) is 38.6 Å². The molecular weight excluding hydrogens is 350 g/mol. The van der Waals surface area contributed by atoms with E-state index in [-0.39, 0.29) is 18.6 Å². The van der Waals surface area contributed by atoms with Crippen molar-refractivity contribution in [2.75, 3.05) is 32.0 Å². The lowest BCUT2D eigenvalue weighted by molar-refractivity contribution is 0.0736. The van der Waals surface area contributed by atoms with Crippen molar-refractivity contribution in [1.82, 2.24) is 10.2 Å². The van der Waals surface area contributed by atoms with Gasteiger partial charge in [-0.15, -0.1) is 5.92 Å². The number of nitrogens with one attached hydrogen (secondary N) is 1. The molecule has 1 amide bonds. The van der Waals surface area contributed by atoms with Crippen LogP contribution in [0.2, 0.25) is 5.02 Å². The molecule has 5 nitrogen and oxygen atoms in total. The van der Waals surface area contributed by atoms with Gasteiger partial charge in [0.25, 0.3) is 5.91 Å². The summed E-state index contributed by atoms with van der Waals surface area (Å²) in [5.41, 5.74) is 6.69. The number of fused-ring (bicyclic) bond motifs is 2. The highest BCUT2D eigenvalue weighted by Crippen LogP contribution is 2.31. The maximum absolute atomic E-state index is 12.9. The average molecular weight is 376 g/mol. The molecule has 1 aromatic rings. The molecule has 0 spiro atoms. The normalized spacial score (nSPS) is 24.3. The number of amides is 1. The Kier molecular flexibility index (Phi) is 6.29. The topological polar surface area (TPSA) is 67.6 Å². The van der Waals surface area contributed by atoms with Crippen LogP contribution >= 0.6 is 11.6 Å². The van der Waals surface area contributed by atoms with Crippen LogP contribution in [0.1, 0.15) is 43.0 Å². The highest BCUT2D eigenvalue weighted by molar-refractivity contribution is 6.33. The van der Waals surface area contributed by atoms with E-state index in [1.54, 1.807) is 12.1 Å². The van der Waals surface area contributed by atoms with Crippen LogP contribution in [0.5, 0.6) is 5.75 Å². The Balaban J connectivity index is 1.73. The molecule has 26 heavy (non-hydrogen) atoms. The third-order valence-corrected chi connectivity index (χ3v) is 5.46. The molecule has 0 saturated carbocycles. The van der Waals surface area contributed by atoms with Gasteiger partial charge in [-0.25, -0.2) is 0 Å². The SMILES string of the molecule is CCC#CCOc1cc(N)c(Cl)cc1C(=O)NC1CCN2CCC[C@H]1C2. The number of rotatable bonds is 4. The zero-order chi connectivity index (χ0) is 18.5. The lowest BCUT2D eigenvalue weighted by atomic mass is 9.85. The summed E-state index contributed by atoms with van der Waals surface area (Å²) in [6, 6.07) is 3.39. The molecule has 6 heteroatoms. The largest absolute Gasteiger partial charge is 0.480 e. The quantitative estimate of drug-likeness (QED) is 0.627. The number of nitrogens with zero attached hydrogens (tertiary/aromatic N) is 1. The molecule has 0 radical (unpaired) electrons. The van der Waals surface area contributed by atoms with Crippen LogP contribution in [-0.4, -0.2) is 43.1 Å². The second-order valence-electron chi connectivity index (χ2n) is 6.94. The summed E-state index contributed by atoms with van der Waals surface area (Å²) < 4.78 is 5.69. The summed E-state index contributed by atoms with van der Waals surface area (Å²) in [6.07, 6.45) is 4.12. The lowest BCUT2D eigenvalue weighted by Gasteiger charge is -2.42. The summed E-state index contributed by atoms with van der Waals surface area (Å²) in [4.78, 5) is 15.4. The van der Waals surface area contributed by atoms with Crippen molar-refractivity contribution in [3.8, 4) is 17.6 Å². The van der Waals surface area contributed by atoms with Crippen LogP contribution in [0.4, 0.5) is 5.69 Å². The minimum Gasteiger partial charge on any atom is -0.480 e. The second-order valence-corrected chi connectivity index (χ2v) is 7.34. The standard InChI is InChI=1S/C20H26ClN3O2/c1-2-3-4-10-26-19-12-17(22)16(21)11-15(19)20(25)23-18-7-9-24-8-5-6-14(18)13-24/h11-12,14,18H,2,5-10,13,22H2,1H3,(H,23,25)/t14-,18?/m0/s1. The van der Waals surface area contributed by atoms with Gasteiger partial charge in [0, 0.05) is 31.6 Å². The number of carbonyl (C=O) groups excluding carboxylic acids is 1. The molecule has 0 aliphatic carbocycles. The first-order chi connectivity index (χ1) is 12.6. The summed E-state index contributed by atoms with van der Waals surface area (Å²) in [6.45, 7) is 5.49. The number of carbonyl (C=O) groups is 1. The molecule has 2 unspecified atom stereocenters. The van der Waals surface area contributed by atoms with E-state index in [2.05, 4.69) is 22.1 Å². The zero-order valence-corrected chi connectivity index (χ0v) is 15.9. The van der Waals surface area contributed by atoms with Gasteiger partial charge in [-0.05, 0) is 37.8 Å². The fourth-order valence-electron chi connectivity index (χ4n) is 3.77. The van der Waals surface area contributed by atoms with Gasteiger partial charge in [0.05, 0.1) is 16.3 Å². The Bertz CT molecular complexity index is 726. The molecule has 2 aliphatic rings. The molecule has 2 fully saturated rings. The Morgan fingerprint density at radius 2 is 2.23 bits per heavy atom. The maximum Gasteiger partial charge on any atom is 0.255 e. The van der Waals surface area contributed by atoms with Crippen LogP contribution in [0.15, 0.2) is 12.1 Å². The minimum atomic E-state index is -0.158. The molecule has 3 atom stereocenters. The van der Waals surface area contributed by atoms with Crippen LogP contribution in [-0.2, 0) is 0 Å². The van der Waals surface area contributed by atoms with Gasteiger partial charge in [0.1, 0.15) is 12.4 Å². The first kappa shape index (κ1) is 18.9. The third-order valence-electron chi connectivity index (χ3n) is 5.13. The van der Waals surface area contributed by atoms with Crippen LogP contribution in [0.3, 0.4) is 0 Å². The van der Waals surface area contributed by atoms with E-state index in [9.17, 15) is 4.79 Å². The molecule has 140 valence electrons. The number of hydrogen-bond acceptors (Lipinski definition) is 4. The number of hydrogen-bond donors (Lipinski definition) is 2. The van der Waals surface area contributed by atoms with Crippen molar-refractivity contribution in [3.05, 3.63) is 22.7 Å². The van der Waals surface area contributed by atoms with Gasteiger partial charge >= 0.3 is 0 Å². The van der Waals surface area contributed by atoms with E-state index >= 15 is 0 Å². The predicted molar refractivity (Wildman–Crippen MR) is 104 cm³/mol. The molecule has 3 rings (SSSR count). The van der Waals surface area contributed by atoms with E-state index < -0.39 is 0 Å². The number of nitrogen functional groups attached to an aromatic ring is 1. The Morgan fingerprint density at radius 1 is 1.38 bits per heavy atom. The predicted octanol–water partition coefficient (Wildman–Crippen LogP) is 2.93. The third kappa shape index (κ3) is 4.44. The summed E-state index contributed by atoms with van der Waals surface area (Å²) >= 11 is 6.15. The highest BCUT2D eigenvalue weighted by Gasteiger charge is 2.33. The van der Waals surface area contributed by atoms with E-state index in [1.807, 2.05) is 6.92 Å². The van der Waals surface area contributed by atoms with Gasteiger partial charge in [-0.3, -0.25) is 4.79 Å². The first-order valence-corrected chi connectivity index (χ1v) is 9.67. The number of piperidine rings is 2. The molecule has 1 aromatic carbocycles. The lowest BCUT2D eigenvalue weighted by Crippen LogP contribution is -2.53. The molecule has 2 heterocycles. The number of anilines is 1. The van der Waals surface area contributed by atoms with E-state index in [4.69, 9.17) is 22.1 Å². The van der Waals surface area contributed by atoms with Crippen molar-refractivity contribution in [2.24, 2.45) is 5.92 Å². The summed E-state index contributed by atoms with van der Waals surface area (Å²) in [7, 11) is 0. The summed E-state index contributed by atoms with van der Waals surface area (Å²) in [5.74, 6) is 6.64. The van der Waals surface area contributed by atoms with Crippen LogP contribution in [0, 0.1) is 17.8 Å². The Morgan fingerprint density at radius 3 is 3.04 bits per heavy atom. The fourth-order valence-corrected chi connectivity index (χ4v) is 3.94. The van der Waals surface area contributed by atoms with Gasteiger partial charge in [-0.1, -0.05) is 24.4 Å². The smallest absolute Gasteiger partial charge is 0.255 e. The van der Waals surface area contributed by atoms with E-state index in [0.717, 1.165) is 25.9 Å². The molecule has 2 aliphatic heterocycles. The number of halogens is 1. The Hall–Kier alpha value is -1.90. The minimum absolute atomic E-state index is 0.158. The van der Waals surface area contributed by atoms with Crippen molar-refractivity contribution >= 4 is 23.2 Å². The second kappa shape index (κ2) is 8.66. The highest BCUT2D eigenvalue weighted by atomic mass is 35.5. The van der Waals surface area contributed by atoms with Crippen molar-refractivity contribution < 1.29 is 9.53 Å². The number of benzene rings is 1. The first-order valence-electron chi connectivity index (χ1n) is 9.29. The maximum atomic E-state index is 12.9. The molecule has 2 bridgehead atoms. The molecule has 2 saturated heterocycles. The number of ether oxygens (including phenoxy) is 1. The zero-order valence-electron chi connectivity index (χ0n) is 15.2.